The fourth-order valence-corrected chi connectivity index (χ4v) is 2.37. The molecule has 1 aromatic carbocycles. The van der Waals surface area contributed by atoms with E-state index in [4.69, 9.17) is 0 Å². The maximum atomic E-state index is 4.46. The van der Waals surface area contributed by atoms with Gasteiger partial charge in [0.05, 0.1) is 17.9 Å². The second-order valence-corrected chi connectivity index (χ2v) is 4.89. The molecule has 2 heterocycles. The lowest BCUT2D eigenvalue weighted by molar-refractivity contribution is 0.613. The number of imidazole rings is 1. The molecule has 2 aromatic rings. The zero-order chi connectivity index (χ0) is 11.7. The van der Waals surface area contributed by atoms with Crippen LogP contribution in [-0.2, 0) is 0 Å². The second-order valence-electron chi connectivity index (χ2n) is 4.38. The largest absolute Gasteiger partial charge is 0.341 e. The third-order valence-electron chi connectivity index (χ3n) is 3.16. The maximum Gasteiger partial charge on any atom is 0.123 e. The molecule has 1 fully saturated rings. The Morgan fingerprint density at radius 1 is 1.24 bits per heavy atom. The summed E-state index contributed by atoms with van der Waals surface area (Å²) in [4.78, 5) is 8.83. The van der Waals surface area contributed by atoms with Crippen molar-refractivity contribution in [2.75, 3.05) is 6.54 Å². The molecule has 1 atom stereocenters. The van der Waals surface area contributed by atoms with Crippen molar-refractivity contribution in [2.45, 2.75) is 23.8 Å². The molecule has 0 aliphatic carbocycles. The highest BCUT2D eigenvalue weighted by Crippen LogP contribution is 2.24. The van der Waals surface area contributed by atoms with Crippen molar-refractivity contribution in [2.24, 2.45) is 0 Å². The first-order valence-corrected chi connectivity index (χ1v) is 6.35. The lowest BCUT2D eigenvalue weighted by atomic mass is 10.2. The lowest BCUT2D eigenvalue weighted by Gasteiger charge is -2.05. The molecule has 0 bridgehead atoms. The quantitative estimate of drug-likeness (QED) is 0.712. The van der Waals surface area contributed by atoms with Crippen molar-refractivity contribution in [1.82, 2.24) is 15.3 Å². The number of H-pyrrole nitrogens is 1. The molecular weight excluding hydrogens is 230 g/mol. The van der Waals surface area contributed by atoms with Crippen molar-refractivity contribution < 1.29 is 0 Å². The second kappa shape index (κ2) is 4.55. The SMILES string of the molecule is Sc1ccc(-c2cnc(C3CCCN3)[nH]2)cc1. The number of rotatable bonds is 2. The maximum absolute atomic E-state index is 4.46. The molecule has 3 rings (SSSR count). The number of thiol groups is 1. The van der Waals surface area contributed by atoms with E-state index in [0.29, 0.717) is 6.04 Å². The number of benzene rings is 1. The van der Waals surface area contributed by atoms with Gasteiger partial charge >= 0.3 is 0 Å². The van der Waals surface area contributed by atoms with Crippen molar-refractivity contribution in [3.8, 4) is 11.3 Å². The van der Waals surface area contributed by atoms with E-state index in [-0.39, 0.29) is 0 Å². The summed E-state index contributed by atoms with van der Waals surface area (Å²) in [5.41, 5.74) is 2.22. The summed E-state index contributed by atoms with van der Waals surface area (Å²) in [6, 6.07) is 8.50. The van der Waals surface area contributed by atoms with E-state index < -0.39 is 0 Å². The van der Waals surface area contributed by atoms with Gasteiger partial charge in [0.25, 0.3) is 0 Å². The summed E-state index contributed by atoms with van der Waals surface area (Å²) in [6.07, 6.45) is 4.31. The van der Waals surface area contributed by atoms with Crippen molar-refractivity contribution in [3.05, 3.63) is 36.3 Å². The Morgan fingerprint density at radius 2 is 2.06 bits per heavy atom. The van der Waals surface area contributed by atoms with Gasteiger partial charge in [0, 0.05) is 4.90 Å². The monoisotopic (exact) mass is 245 g/mol. The molecule has 1 aliphatic rings. The van der Waals surface area contributed by atoms with Gasteiger partial charge in [-0.2, -0.15) is 0 Å². The van der Waals surface area contributed by atoms with Crippen LogP contribution >= 0.6 is 12.6 Å². The van der Waals surface area contributed by atoms with E-state index in [1.165, 1.54) is 12.8 Å². The molecule has 0 amide bonds. The normalized spacial score (nSPS) is 19.7. The molecule has 3 nitrogen and oxygen atoms in total. The van der Waals surface area contributed by atoms with Crippen LogP contribution in [0.3, 0.4) is 0 Å². The van der Waals surface area contributed by atoms with Gasteiger partial charge in [-0.25, -0.2) is 4.98 Å². The number of hydrogen-bond acceptors (Lipinski definition) is 3. The van der Waals surface area contributed by atoms with Gasteiger partial charge in [0.2, 0.25) is 0 Å². The first kappa shape index (κ1) is 10.9. The van der Waals surface area contributed by atoms with Crippen LogP contribution in [0.25, 0.3) is 11.3 Å². The molecule has 88 valence electrons. The summed E-state index contributed by atoms with van der Waals surface area (Å²) in [6.45, 7) is 1.09. The highest BCUT2D eigenvalue weighted by Gasteiger charge is 2.18. The molecule has 2 N–H and O–H groups in total. The first-order valence-electron chi connectivity index (χ1n) is 5.90. The van der Waals surface area contributed by atoms with E-state index in [0.717, 1.165) is 28.5 Å². The van der Waals surface area contributed by atoms with E-state index >= 15 is 0 Å². The fraction of sp³-hybridized carbons (Fsp3) is 0.308. The summed E-state index contributed by atoms with van der Waals surface area (Å²) in [5.74, 6) is 1.05. The van der Waals surface area contributed by atoms with Crippen LogP contribution in [0.4, 0.5) is 0 Å². The van der Waals surface area contributed by atoms with Gasteiger partial charge in [0.15, 0.2) is 0 Å². The summed E-state index contributed by atoms with van der Waals surface area (Å²) in [7, 11) is 0. The average Bonchev–Trinajstić information content (AvgIpc) is 3.00. The molecule has 1 aromatic heterocycles. The number of nitrogens with zero attached hydrogens (tertiary/aromatic N) is 1. The zero-order valence-corrected chi connectivity index (χ0v) is 10.4. The van der Waals surface area contributed by atoms with Crippen LogP contribution in [0.15, 0.2) is 35.4 Å². The predicted octanol–water partition coefficient (Wildman–Crippen LogP) is 2.79. The number of aromatic nitrogens is 2. The highest BCUT2D eigenvalue weighted by atomic mass is 32.1. The van der Waals surface area contributed by atoms with E-state index in [1.54, 1.807) is 0 Å². The molecule has 0 radical (unpaired) electrons. The van der Waals surface area contributed by atoms with Crippen molar-refractivity contribution in [1.29, 1.82) is 0 Å². The van der Waals surface area contributed by atoms with E-state index in [9.17, 15) is 0 Å². The Hall–Kier alpha value is -1.26. The third-order valence-corrected chi connectivity index (χ3v) is 3.46. The van der Waals surface area contributed by atoms with Crippen molar-refractivity contribution in [3.63, 3.8) is 0 Å². The molecular formula is C13H15N3S. The van der Waals surface area contributed by atoms with Gasteiger partial charge < -0.3 is 10.3 Å². The molecule has 1 aliphatic heterocycles. The average molecular weight is 245 g/mol. The Bertz CT molecular complexity index is 498. The number of nitrogens with one attached hydrogen (secondary N) is 2. The number of aromatic amines is 1. The summed E-state index contributed by atoms with van der Waals surface area (Å²) < 4.78 is 0. The van der Waals surface area contributed by atoms with Crippen LogP contribution in [0.2, 0.25) is 0 Å². The smallest absolute Gasteiger partial charge is 0.123 e. The standard InChI is InChI=1S/C13H15N3S/c17-10-5-3-9(4-6-10)12-8-15-13(16-12)11-2-1-7-14-11/h3-6,8,11,14,17H,1-2,7H2,(H,15,16). The van der Waals surface area contributed by atoms with Crippen molar-refractivity contribution >= 4 is 12.6 Å². The molecule has 4 heteroatoms. The Morgan fingerprint density at radius 3 is 2.76 bits per heavy atom. The zero-order valence-electron chi connectivity index (χ0n) is 9.48. The molecule has 0 saturated carbocycles. The topological polar surface area (TPSA) is 40.7 Å². The van der Waals surface area contributed by atoms with Gasteiger partial charge in [-0.05, 0) is 37.1 Å². The van der Waals surface area contributed by atoms with Crippen LogP contribution in [0, 0.1) is 0 Å². The third kappa shape index (κ3) is 2.23. The number of hydrogen-bond donors (Lipinski definition) is 3. The van der Waals surface area contributed by atoms with E-state index in [1.807, 2.05) is 18.3 Å². The molecule has 1 saturated heterocycles. The predicted molar refractivity (Wildman–Crippen MR) is 71.3 cm³/mol. The highest BCUT2D eigenvalue weighted by molar-refractivity contribution is 7.80. The van der Waals surface area contributed by atoms with Crippen LogP contribution < -0.4 is 5.32 Å². The first-order chi connectivity index (χ1) is 8.33. The van der Waals surface area contributed by atoms with Gasteiger partial charge in [-0.1, -0.05) is 12.1 Å². The Labute approximate surface area is 106 Å². The van der Waals surface area contributed by atoms with E-state index in [2.05, 4.69) is 40.0 Å². The summed E-state index contributed by atoms with van der Waals surface area (Å²) >= 11 is 4.28. The molecule has 1 unspecified atom stereocenters. The Balaban J connectivity index is 1.86. The minimum Gasteiger partial charge on any atom is -0.341 e. The molecule has 0 spiro atoms. The van der Waals surface area contributed by atoms with Crippen LogP contribution in [-0.4, -0.2) is 16.5 Å². The minimum absolute atomic E-state index is 0.396. The van der Waals surface area contributed by atoms with Crippen LogP contribution in [0.5, 0.6) is 0 Å². The summed E-state index contributed by atoms with van der Waals surface area (Å²) in [5, 5.41) is 3.44. The lowest BCUT2D eigenvalue weighted by Crippen LogP contribution is -2.14. The van der Waals surface area contributed by atoms with Gasteiger partial charge in [-0.3, -0.25) is 0 Å². The van der Waals surface area contributed by atoms with Gasteiger partial charge in [0.1, 0.15) is 5.82 Å². The minimum atomic E-state index is 0.396. The Kier molecular flexibility index (Phi) is 2.91. The molecule has 17 heavy (non-hydrogen) atoms. The van der Waals surface area contributed by atoms with Crippen LogP contribution in [0.1, 0.15) is 24.7 Å². The van der Waals surface area contributed by atoms with Gasteiger partial charge in [-0.15, -0.1) is 12.6 Å². The fourth-order valence-electron chi connectivity index (χ4n) is 2.22.